The van der Waals surface area contributed by atoms with Crippen LogP contribution in [-0.2, 0) is 6.42 Å². The van der Waals surface area contributed by atoms with E-state index in [4.69, 9.17) is 0 Å². The third-order valence-corrected chi connectivity index (χ3v) is 7.46. The van der Waals surface area contributed by atoms with Gasteiger partial charge in [0, 0.05) is 25.9 Å². The van der Waals surface area contributed by atoms with Crippen molar-refractivity contribution in [1.82, 2.24) is 0 Å². The molecule has 5 aromatic rings. The van der Waals surface area contributed by atoms with E-state index in [1.165, 1.54) is 47.0 Å². The van der Waals surface area contributed by atoms with Gasteiger partial charge in [0.25, 0.3) is 0 Å². The van der Waals surface area contributed by atoms with Gasteiger partial charge in [0.15, 0.2) is 0 Å². The van der Waals surface area contributed by atoms with Gasteiger partial charge in [-0.05, 0) is 53.1 Å². The van der Waals surface area contributed by atoms with Crippen molar-refractivity contribution >= 4 is 33.4 Å². The molecule has 0 aliphatic heterocycles. The Kier molecular flexibility index (Phi) is 4.59. The zero-order valence-corrected chi connectivity index (χ0v) is 17.3. The molecule has 2 heteroatoms. The first-order chi connectivity index (χ1) is 13.8. The van der Waals surface area contributed by atoms with Crippen molar-refractivity contribution in [2.24, 2.45) is 0 Å². The molecule has 0 amide bonds. The summed E-state index contributed by atoms with van der Waals surface area (Å²) in [7, 11) is 0. The predicted molar refractivity (Wildman–Crippen MR) is 125 cm³/mol. The van der Waals surface area contributed by atoms with E-state index in [1.807, 2.05) is 22.7 Å². The Morgan fingerprint density at radius 1 is 0.607 bits per heavy atom. The molecule has 0 aliphatic rings. The zero-order chi connectivity index (χ0) is 18.9. The lowest BCUT2D eigenvalue weighted by molar-refractivity contribution is 1.23. The number of benzene rings is 3. The molecule has 28 heavy (non-hydrogen) atoms. The van der Waals surface area contributed by atoms with Crippen LogP contribution in [0.1, 0.15) is 16.0 Å². The lowest BCUT2D eigenvalue weighted by atomic mass is 10.0. The highest BCUT2D eigenvalue weighted by atomic mass is 32.1. The topological polar surface area (TPSA) is 0 Å². The summed E-state index contributed by atoms with van der Waals surface area (Å²) in [5, 5.41) is 2.62. The highest BCUT2D eigenvalue weighted by molar-refractivity contribution is 7.24. The predicted octanol–water partition coefficient (Wildman–Crippen LogP) is 8.20. The van der Waals surface area contributed by atoms with Gasteiger partial charge >= 0.3 is 0 Å². The largest absolute Gasteiger partial charge is 0.139 e. The van der Waals surface area contributed by atoms with Crippen LogP contribution in [0.4, 0.5) is 0 Å². The highest BCUT2D eigenvalue weighted by Gasteiger charge is 2.10. The molecule has 0 bridgehead atoms. The van der Waals surface area contributed by atoms with Crippen molar-refractivity contribution in [2.75, 3.05) is 0 Å². The van der Waals surface area contributed by atoms with Gasteiger partial charge in [-0.15, -0.1) is 22.7 Å². The van der Waals surface area contributed by atoms with Gasteiger partial charge in [-0.1, -0.05) is 72.3 Å². The smallest absolute Gasteiger partial charge is 0.0449 e. The monoisotopic (exact) mass is 396 g/mol. The molecule has 136 valence electrons. The highest BCUT2D eigenvalue weighted by Crippen LogP contribution is 2.40. The normalized spacial score (nSPS) is 11.2. The average molecular weight is 397 g/mol. The van der Waals surface area contributed by atoms with Crippen LogP contribution in [0.2, 0.25) is 0 Å². The second-order valence-corrected chi connectivity index (χ2v) is 9.37. The molecule has 5 rings (SSSR count). The number of hydrogen-bond donors (Lipinski definition) is 0. The van der Waals surface area contributed by atoms with Crippen molar-refractivity contribution in [3.05, 3.63) is 107 Å². The van der Waals surface area contributed by atoms with Crippen LogP contribution in [0.25, 0.3) is 31.0 Å². The lowest BCUT2D eigenvalue weighted by Gasteiger charge is -2.03. The van der Waals surface area contributed by atoms with E-state index in [1.54, 1.807) is 0 Å². The van der Waals surface area contributed by atoms with E-state index >= 15 is 0 Å². The molecule has 2 aromatic heterocycles. The summed E-state index contributed by atoms with van der Waals surface area (Å²) in [6.07, 6.45) is 1.01. The average Bonchev–Trinajstić information content (AvgIpc) is 3.39. The molecule has 0 unspecified atom stereocenters. The number of hydrogen-bond acceptors (Lipinski definition) is 2. The second-order valence-electron chi connectivity index (χ2n) is 7.12. The SMILES string of the molecule is Cc1ccc(Cc2ccc(-c3ccc(-c4cccc5ccccc45)s3)s2)cc1. The fourth-order valence-electron chi connectivity index (χ4n) is 3.57. The molecule has 3 aromatic carbocycles. The Bertz CT molecular complexity index is 1230. The van der Waals surface area contributed by atoms with Crippen molar-refractivity contribution in [3.63, 3.8) is 0 Å². The first-order valence-electron chi connectivity index (χ1n) is 9.49. The van der Waals surface area contributed by atoms with Gasteiger partial charge in [-0.3, -0.25) is 0 Å². The molecule has 0 saturated carbocycles. The second kappa shape index (κ2) is 7.38. The maximum atomic E-state index is 2.27. The maximum absolute atomic E-state index is 2.27. The fraction of sp³-hybridized carbons (Fsp3) is 0.0769. The summed E-state index contributed by atoms with van der Waals surface area (Å²) in [6.45, 7) is 2.14. The molecule has 0 atom stereocenters. The number of rotatable bonds is 4. The summed E-state index contributed by atoms with van der Waals surface area (Å²) >= 11 is 3.79. The fourth-order valence-corrected chi connectivity index (χ4v) is 5.75. The first-order valence-corrected chi connectivity index (χ1v) is 11.1. The number of aryl methyl sites for hydroxylation is 1. The number of fused-ring (bicyclic) bond motifs is 1. The zero-order valence-electron chi connectivity index (χ0n) is 15.7. The van der Waals surface area contributed by atoms with Gasteiger partial charge in [0.2, 0.25) is 0 Å². The quantitative estimate of drug-likeness (QED) is 0.287. The molecule has 0 saturated heterocycles. The Morgan fingerprint density at radius 3 is 2.21 bits per heavy atom. The Balaban J connectivity index is 1.43. The van der Waals surface area contributed by atoms with Crippen LogP contribution in [0, 0.1) is 6.92 Å². The van der Waals surface area contributed by atoms with Gasteiger partial charge in [0.1, 0.15) is 0 Å². The van der Waals surface area contributed by atoms with Crippen molar-refractivity contribution < 1.29 is 0 Å². The molecule has 0 fully saturated rings. The minimum atomic E-state index is 1.01. The van der Waals surface area contributed by atoms with Crippen LogP contribution >= 0.6 is 22.7 Å². The Hall–Kier alpha value is -2.68. The van der Waals surface area contributed by atoms with Gasteiger partial charge < -0.3 is 0 Å². The number of thiophene rings is 2. The Labute approximate surface area is 173 Å². The maximum Gasteiger partial charge on any atom is 0.0449 e. The van der Waals surface area contributed by atoms with Crippen LogP contribution in [-0.4, -0.2) is 0 Å². The molecule has 0 nitrogen and oxygen atoms in total. The van der Waals surface area contributed by atoms with Crippen LogP contribution in [0.5, 0.6) is 0 Å². The van der Waals surface area contributed by atoms with E-state index in [9.17, 15) is 0 Å². The van der Waals surface area contributed by atoms with Crippen molar-refractivity contribution in [1.29, 1.82) is 0 Å². The van der Waals surface area contributed by atoms with E-state index in [-0.39, 0.29) is 0 Å². The molecule has 0 N–H and O–H groups in total. The van der Waals surface area contributed by atoms with Crippen LogP contribution in [0.15, 0.2) is 91.0 Å². The van der Waals surface area contributed by atoms with Crippen LogP contribution < -0.4 is 0 Å². The standard InChI is InChI=1S/C26H20S2/c1-18-9-11-19(12-10-18)17-21-13-14-25(27-21)26-16-15-24(28-26)23-8-4-6-20-5-2-3-7-22(20)23/h2-16H,17H2,1H3. The first kappa shape index (κ1) is 17.4. The molecule has 2 heterocycles. The third kappa shape index (κ3) is 3.42. The van der Waals surface area contributed by atoms with Gasteiger partial charge in [-0.2, -0.15) is 0 Å². The lowest BCUT2D eigenvalue weighted by Crippen LogP contribution is -1.83. The summed E-state index contributed by atoms with van der Waals surface area (Å²) in [4.78, 5) is 5.46. The molecule has 0 aliphatic carbocycles. The summed E-state index contributed by atoms with van der Waals surface area (Å²) < 4.78 is 0. The van der Waals surface area contributed by atoms with Gasteiger partial charge in [0.05, 0.1) is 0 Å². The minimum Gasteiger partial charge on any atom is -0.139 e. The summed E-state index contributed by atoms with van der Waals surface area (Å²) in [5.74, 6) is 0. The molecule has 0 spiro atoms. The van der Waals surface area contributed by atoms with E-state index in [0.717, 1.165) is 6.42 Å². The Morgan fingerprint density at radius 2 is 1.32 bits per heavy atom. The third-order valence-electron chi connectivity index (χ3n) is 5.06. The molecular weight excluding hydrogens is 376 g/mol. The summed E-state index contributed by atoms with van der Waals surface area (Å²) in [6, 6.07) is 33.1. The van der Waals surface area contributed by atoms with Crippen LogP contribution in [0.3, 0.4) is 0 Å². The molecule has 0 radical (unpaired) electrons. The van der Waals surface area contributed by atoms with E-state index in [0.29, 0.717) is 0 Å². The van der Waals surface area contributed by atoms with Crippen molar-refractivity contribution in [2.45, 2.75) is 13.3 Å². The van der Waals surface area contributed by atoms with Crippen molar-refractivity contribution in [3.8, 4) is 20.2 Å². The van der Waals surface area contributed by atoms with Gasteiger partial charge in [-0.25, -0.2) is 0 Å². The molecular formula is C26H20S2. The van der Waals surface area contributed by atoms with E-state index in [2.05, 4.69) is 97.9 Å². The minimum absolute atomic E-state index is 1.01. The summed E-state index contributed by atoms with van der Waals surface area (Å²) in [5.41, 5.74) is 4.02. The van der Waals surface area contributed by atoms with E-state index < -0.39 is 0 Å².